The van der Waals surface area contributed by atoms with Crippen molar-refractivity contribution in [3.05, 3.63) is 21.8 Å². The Bertz CT molecular complexity index is 389. The number of pyridine rings is 1. The van der Waals surface area contributed by atoms with Crippen molar-refractivity contribution in [1.82, 2.24) is 4.98 Å². The van der Waals surface area contributed by atoms with Gasteiger partial charge in [0.05, 0.1) is 15.6 Å². The highest BCUT2D eigenvalue weighted by Crippen LogP contribution is 2.27. The molecule has 0 aliphatic heterocycles. The second kappa shape index (κ2) is 6.03. The molecule has 0 bridgehead atoms. The van der Waals surface area contributed by atoms with Gasteiger partial charge in [0.1, 0.15) is 5.82 Å². The van der Waals surface area contributed by atoms with Gasteiger partial charge in [-0.25, -0.2) is 4.98 Å². The van der Waals surface area contributed by atoms with E-state index in [1.807, 2.05) is 6.07 Å². The first kappa shape index (κ1) is 13.1. The van der Waals surface area contributed by atoms with Crippen LogP contribution in [0.4, 0.5) is 5.82 Å². The van der Waals surface area contributed by atoms with Crippen LogP contribution in [0.25, 0.3) is 0 Å². The number of hydrogen-bond donors (Lipinski definition) is 2. The maximum Gasteiger partial charge on any atom is 0.140 e. The van der Waals surface area contributed by atoms with Crippen molar-refractivity contribution in [3.8, 4) is 0 Å². The largest absolute Gasteiger partial charge is 0.393 e. The predicted octanol–water partition coefficient (Wildman–Crippen LogP) is 3.46. The topological polar surface area (TPSA) is 45.1 Å². The summed E-state index contributed by atoms with van der Waals surface area (Å²) in [5, 5.41) is 13.5. The first-order valence-corrected chi connectivity index (χ1v) is 7.05. The molecule has 3 nitrogen and oxygen atoms in total. The molecule has 2 rings (SSSR count). The fourth-order valence-electron chi connectivity index (χ4n) is 2.23. The van der Waals surface area contributed by atoms with Crippen LogP contribution in [-0.2, 0) is 0 Å². The lowest BCUT2D eigenvalue weighted by molar-refractivity contribution is 0.104. The summed E-state index contributed by atoms with van der Waals surface area (Å²) in [4.78, 5) is 4.23. The molecule has 1 aromatic rings. The van der Waals surface area contributed by atoms with Gasteiger partial charge >= 0.3 is 0 Å². The zero-order valence-electron chi connectivity index (χ0n) is 9.50. The van der Waals surface area contributed by atoms with Gasteiger partial charge in [-0.15, -0.1) is 0 Å². The minimum atomic E-state index is -0.128. The number of hydrogen-bond acceptors (Lipinski definition) is 3. The SMILES string of the molecule is OC1CCCC(CNc2ncc(Cl)cc2Br)C1. The zero-order chi connectivity index (χ0) is 12.3. The van der Waals surface area contributed by atoms with E-state index in [1.165, 1.54) is 6.42 Å². The third-order valence-electron chi connectivity index (χ3n) is 3.12. The van der Waals surface area contributed by atoms with Crippen LogP contribution in [0, 0.1) is 5.92 Å². The summed E-state index contributed by atoms with van der Waals surface area (Å²) in [5.41, 5.74) is 0. The molecule has 2 unspecified atom stereocenters. The van der Waals surface area contributed by atoms with Crippen LogP contribution in [0.2, 0.25) is 5.02 Å². The molecule has 1 aliphatic rings. The van der Waals surface area contributed by atoms with Crippen molar-refractivity contribution in [1.29, 1.82) is 0 Å². The lowest BCUT2D eigenvalue weighted by Gasteiger charge is -2.26. The molecule has 2 atom stereocenters. The van der Waals surface area contributed by atoms with Crippen LogP contribution < -0.4 is 5.32 Å². The Kier molecular flexibility index (Phi) is 4.65. The van der Waals surface area contributed by atoms with E-state index < -0.39 is 0 Å². The molecule has 94 valence electrons. The number of aromatic nitrogens is 1. The molecular formula is C12H16BrClN2O. The summed E-state index contributed by atoms with van der Waals surface area (Å²) in [5.74, 6) is 1.34. The number of aliphatic hydroxyl groups excluding tert-OH is 1. The van der Waals surface area contributed by atoms with E-state index in [1.54, 1.807) is 6.20 Å². The van der Waals surface area contributed by atoms with Crippen LogP contribution in [0.5, 0.6) is 0 Å². The van der Waals surface area contributed by atoms with E-state index in [4.69, 9.17) is 11.6 Å². The minimum Gasteiger partial charge on any atom is -0.393 e. The summed E-state index contributed by atoms with van der Waals surface area (Å²) >= 11 is 9.26. The van der Waals surface area contributed by atoms with Crippen LogP contribution >= 0.6 is 27.5 Å². The van der Waals surface area contributed by atoms with E-state index in [9.17, 15) is 5.11 Å². The van der Waals surface area contributed by atoms with Crippen LogP contribution in [0.1, 0.15) is 25.7 Å². The number of rotatable bonds is 3. The molecule has 1 aromatic heterocycles. The Morgan fingerprint density at radius 1 is 1.53 bits per heavy atom. The monoisotopic (exact) mass is 318 g/mol. The van der Waals surface area contributed by atoms with E-state index in [0.29, 0.717) is 10.9 Å². The van der Waals surface area contributed by atoms with Crippen LogP contribution in [-0.4, -0.2) is 22.7 Å². The fraction of sp³-hybridized carbons (Fsp3) is 0.583. The molecular weight excluding hydrogens is 304 g/mol. The van der Waals surface area contributed by atoms with Crippen molar-refractivity contribution in [2.45, 2.75) is 31.8 Å². The van der Waals surface area contributed by atoms with Gasteiger partial charge in [0.15, 0.2) is 0 Å². The van der Waals surface area contributed by atoms with E-state index in [0.717, 1.165) is 36.1 Å². The molecule has 1 heterocycles. The van der Waals surface area contributed by atoms with Gasteiger partial charge in [-0.1, -0.05) is 18.0 Å². The summed E-state index contributed by atoms with van der Waals surface area (Å²) < 4.78 is 0.876. The maximum absolute atomic E-state index is 9.60. The molecule has 0 saturated heterocycles. The predicted molar refractivity (Wildman–Crippen MR) is 73.4 cm³/mol. The first-order chi connectivity index (χ1) is 8.15. The van der Waals surface area contributed by atoms with Gasteiger partial charge < -0.3 is 10.4 Å². The van der Waals surface area contributed by atoms with E-state index in [2.05, 4.69) is 26.2 Å². The van der Waals surface area contributed by atoms with Gasteiger partial charge in [0, 0.05) is 12.7 Å². The molecule has 2 N–H and O–H groups in total. The summed E-state index contributed by atoms with van der Waals surface area (Å²) in [6.45, 7) is 0.851. The molecule has 1 fully saturated rings. The minimum absolute atomic E-state index is 0.128. The first-order valence-electron chi connectivity index (χ1n) is 5.88. The van der Waals surface area contributed by atoms with Crippen molar-refractivity contribution >= 4 is 33.3 Å². The highest BCUT2D eigenvalue weighted by Gasteiger charge is 2.20. The molecule has 5 heteroatoms. The third-order valence-corrected chi connectivity index (χ3v) is 3.93. The Morgan fingerprint density at radius 2 is 2.35 bits per heavy atom. The maximum atomic E-state index is 9.60. The Labute approximate surface area is 115 Å². The van der Waals surface area contributed by atoms with Crippen molar-refractivity contribution < 1.29 is 5.11 Å². The number of aliphatic hydroxyl groups is 1. The molecule has 0 radical (unpaired) electrons. The molecule has 0 spiro atoms. The zero-order valence-corrected chi connectivity index (χ0v) is 11.8. The molecule has 1 saturated carbocycles. The Morgan fingerprint density at radius 3 is 3.06 bits per heavy atom. The number of nitrogens with zero attached hydrogens (tertiary/aromatic N) is 1. The molecule has 0 aromatic carbocycles. The van der Waals surface area contributed by atoms with Crippen LogP contribution in [0.15, 0.2) is 16.7 Å². The number of anilines is 1. The van der Waals surface area contributed by atoms with Crippen molar-refractivity contribution in [2.24, 2.45) is 5.92 Å². The lowest BCUT2D eigenvalue weighted by Crippen LogP contribution is -2.25. The second-order valence-corrected chi connectivity index (χ2v) is 5.84. The molecule has 1 aliphatic carbocycles. The van der Waals surface area contributed by atoms with E-state index in [-0.39, 0.29) is 6.10 Å². The highest BCUT2D eigenvalue weighted by molar-refractivity contribution is 9.10. The molecule has 17 heavy (non-hydrogen) atoms. The normalized spacial score (nSPS) is 24.6. The van der Waals surface area contributed by atoms with Crippen molar-refractivity contribution in [2.75, 3.05) is 11.9 Å². The standard InChI is InChI=1S/C12H16BrClN2O/c13-11-5-9(14)7-16-12(11)15-6-8-2-1-3-10(17)4-8/h5,7-8,10,17H,1-4,6H2,(H,15,16). The second-order valence-electron chi connectivity index (χ2n) is 4.55. The van der Waals surface area contributed by atoms with Gasteiger partial charge in [-0.05, 0) is 47.2 Å². The van der Waals surface area contributed by atoms with Gasteiger partial charge in [-0.2, -0.15) is 0 Å². The summed E-state index contributed by atoms with van der Waals surface area (Å²) in [6.07, 6.45) is 5.62. The quantitative estimate of drug-likeness (QED) is 0.897. The average molecular weight is 320 g/mol. The third kappa shape index (κ3) is 3.83. The van der Waals surface area contributed by atoms with Crippen molar-refractivity contribution in [3.63, 3.8) is 0 Å². The van der Waals surface area contributed by atoms with Gasteiger partial charge in [0.25, 0.3) is 0 Å². The van der Waals surface area contributed by atoms with Gasteiger partial charge in [-0.3, -0.25) is 0 Å². The Balaban J connectivity index is 1.88. The number of halogens is 2. The molecule has 0 amide bonds. The average Bonchev–Trinajstić information content (AvgIpc) is 2.28. The van der Waals surface area contributed by atoms with Crippen LogP contribution in [0.3, 0.4) is 0 Å². The Hall–Kier alpha value is -0.320. The van der Waals surface area contributed by atoms with E-state index >= 15 is 0 Å². The summed E-state index contributed by atoms with van der Waals surface area (Å²) in [6, 6.07) is 1.83. The fourth-order valence-corrected chi connectivity index (χ4v) is 3.01. The highest BCUT2D eigenvalue weighted by atomic mass is 79.9. The number of nitrogens with one attached hydrogen (secondary N) is 1. The summed E-state index contributed by atoms with van der Waals surface area (Å²) in [7, 11) is 0. The lowest BCUT2D eigenvalue weighted by atomic mass is 9.87. The smallest absolute Gasteiger partial charge is 0.140 e. The van der Waals surface area contributed by atoms with Gasteiger partial charge in [0.2, 0.25) is 0 Å².